The van der Waals surface area contributed by atoms with E-state index in [0.29, 0.717) is 0 Å². The Bertz CT molecular complexity index is 151. The third kappa shape index (κ3) is 8.56. The largest absolute Gasteiger partial charge is 0.278 e. The van der Waals surface area contributed by atoms with E-state index in [9.17, 15) is 0 Å². The molecule has 0 aliphatic carbocycles. The van der Waals surface area contributed by atoms with E-state index in [1.807, 2.05) is 0 Å². The summed E-state index contributed by atoms with van der Waals surface area (Å²) in [6, 6.07) is 0. The Labute approximate surface area is 58.9 Å². The van der Waals surface area contributed by atoms with Gasteiger partial charge in [-0.3, -0.25) is 4.86 Å². The summed E-state index contributed by atoms with van der Waals surface area (Å²) in [7, 11) is -2.10. The number of hydrogen-bond donors (Lipinski definition) is 1. The van der Waals surface area contributed by atoms with Gasteiger partial charge in [-0.15, -0.1) is 0 Å². The molecule has 0 spiro atoms. The Morgan fingerprint density at radius 2 is 1.11 bits per heavy atom. The molecular weight excluding hydrogens is 148 g/mol. The summed E-state index contributed by atoms with van der Waals surface area (Å²) in [5.41, 5.74) is 0. The minimum Gasteiger partial charge on any atom is -0.278 e. The lowest BCUT2D eigenvalue weighted by Crippen LogP contribution is -2.03. The highest BCUT2D eigenvalue weighted by Crippen LogP contribution is 2.44. The maximum absolute atomic E-state index is 4.04. The van der Waals surface area contributed by atoms with Crippen LogP contribution in [0.5, 0.6) is 0 Å². The zero-order valence-electron chi connectivity index (χ0n) is 6.81. The van der Waals surface area contributed by atoms with Crippen molar-refractivity contribution in [2.75, 3.05) is 26.7 Å². The Balaban J connectivity index is 4.07. The van der Waals surface area contributed by atoms with Gasteiger partial charge in [0.1, 0.15) is 0 Å². The minimum absolute atomic E-state index is 1.05. The Morgan fingerprint density at radius 3 is 1.11 bits per heavy atom. The van der Waals surface area contributed by atoms with Gasteiger partial charge in [-0.05, 0) is 26.7 Å². The first kappa shape index (κ1) is 9.56. The molecule has 0 fully saturated rings. The van der Waals surface area contributed by atoms with E-state index in [-0.39, 0.29) is 0 Å². The summed E-state index contributed by atoms with van der Waals surface area (Å²) >= 11 is 0. The van der Waals surface area contributed by atoms with Crippen LogP contribution in [0.2, 0.25) is 0 Å². The lowest BCUT2D eigenvalue weighted by Gasteiger charge is -2.23. The fourth-order valence-corrected chi connectivity index (χ4v) is 6.60. The zero-order chi connectivity index (χ0) is 7.71. The molecule has 0 radical (unpaired) electrons. The van der Waals surface area contributed by atoms with Crippen LogP contribution in [-0.4, -0.2) is 39.3 Å². The summed E-state index contributed by atoms with van der Waals surface area (Å²) in [4.78, 5) is 3.46. The van der Waals surface area contributed by atoms with Crippen LogP contribution >= 0.6 is 14.1 Å². The fourth-order valence-electron chi connectivity index (χ4n) is 0.733. The molecule has 0 aromatic carbocycles. The predicted molar refractivity (Wildman–Crippen MR) is 54.9 cm³/mol. The van der Waals surface area contributed by atoms with Gasteiger partial charge < -0.3 is 0 Å². The van der Waals surface area contributed by atoms with Crippen LogP contribution < -0.4 is 4.86 Å². The van der Waals surface area contributed by atoms with Crippen LogP contribution in [0.15, 0.2) is 0 Å². The van der Waals surface area contributed by atoms with E-state index in [1.54, 1.807) is 0 Å². The van der Waals surface area contributed by atoms with Crippen molar-refractivity contribution in [3.8, 4) is 0 Å². The zero-order valence-corrected chi connectivity index (χ0v) is 8.60. The van der Waals surface area contributed by atoms with Gasteiger partial charge in [0.2, 0.25) is 0 Å². The minimum atomic E-state index is -1.05. The lowest BCUT2D eigenvalue weighted by molar-refractivity contribution is 1.60. The molecule has 0 amide bonds. The number of nitrogens with one attached hydrogen (secondary N) is 1. The molecule has 3 heteroatoms. The van der Waals surface area contributed by atoms with E-state index < -0.39 is 14.1 Å². The molecule has 0 aromatic heterocycles. The van der Waals surface area contributed by atoms with Gasteiger partial charge in [-0.2, -0.15) is 0 Å². The van der Waals surface area contributed by atoms with Crippen LogP contribution in [0.25, 0.3) is 0 Å². The molecule has 0 aliphatic rings. The van der Waals surface area contributed by atoms with Crippen molar-refractivity contribution in [1.29, 1.82) is 0 Å². The molecule has 56 valence electrons. The topological polar surface area (TPSA) is 12.0 Å². The van der Waals surface area contributed by atoms with Crippen LogP contribution in [0.3, 0.4) is 0 Å². The van der Waals surface area contributed by atoms with Crippen LogP contribution in [0.1, 0.15) is 0 Å². The van der Waals surface area contributed by atoms with Crippen molar-refractivity contribution >= 4 is 26.7 Å². The Morgan fingerprint density at radius 1 is 0.889 bits per heavy atom. The molecule has 1 N–H and O–H groups in total. The molecular formula is C6H17NP2. The maximum atomic E-state index is 4.04. The SMILES string of the molecule is C=P(C)(C)NP(=C)(C)C. The average molecular weight is 165 g/mol. The van der Waals surface area contributed by atoms with Crippen molar-refractivity contribution in [2.24, 2.45) is 0 Å². The van der Waals surface area contributed by atoms with Gasteiger partial charge in [0, 0.05) is 0 Å². The lowest BCUT2D eigenvalue weighted by atomic mass is 11.9. The van der Waals surface area contributed by atoms with E-state index >= 15 is 0 Å². The van der Waals surface area contributed by atoms with Crippen molar-refractivity contribution in [3.63, 3.8) is 0 Å². The average Bonchev–Trinajstić information content (AvgIpc) is 1.14. The first-order valence-corrected chi connectivity index (χ1v) is 8.61. The molecule has 0 bridgehead atoms. The van der Waals surface area contributed by atoms with E-state index in [4.69, 9.17) is 0 Å². The molecule has 0 atom stereocenters. The fraction of sp³-hybridized carbons (Fsp3) is 0.667. The van der Waals surface area contributed by atoms with Gasteiger partial charge in [0.25, 0.3) is 0 Å². The van der Waals surface area contributed by atoms with Crippen LogP contribution in [-0.2, 0) is 0 Å². The molecule has 0 saturated carbocycles. The summed E-state index contributed by atoms with van der Waals surface area (Å²) in [5.74, 6) is 0. The second-order valence-corrected chi connectivity index (χ2v) is 11.0. The van der Waals surface area contributed by atoms with Crippen molar-refractivity contribution < 1.29 is 0 Å². The molecule has 1 nitrogen and oxygen atoms in total. The molecule has 0 unspecified atom stereocenters. The predicted octanol–water partition coefficient (Wildman–Crippen LogP) is 1.82. The van der Waals surface area contributed by atoms with Gasteiger partial charge >= 0.3 is 0 Å². The normalized spacial score (nSPS) is 13.8. The summed E-state index contributed by atoms with van der Waals surface area (Å²) in [6.07, 6.45) is 8.09. The Hall–Kier alpha value is 0.560. The van der Waals surface area contributed by atoms with E-state index in [2.05, 4.69) is 44.1 Å². The highest BCUT2D eigenvalue weighted by Gasteiger charge is 2.03. The van der Waals surface area contributed by atoms with Crippen molar-refractivity contribution in [2.45, 2.75) is 0 Å². The van der Waals surface area contributed by atoms with E-state index in [1.165, 1.54) is 0 Å². The summed E-state index contributed by atoms with van der Waals surface area (Å²) in [6.45, 7) is 8.67. The highest BCUT2D eigenvalue weighted by atomic mass is 31.2. The van der Waals surface area contributed by atoms with Gasteiger partial charge in [-0.25, -0.2) is 0 Å². The summed E-state index contributed by atoms with van der Waals surface area (Å²) < 4.78 is 0. The number of hydrogen-bond acceptors (Lipinski definition) is 1. The third-order valence-corrected chi connectivity index (χ3v) is 4.87. The van der Waals surface area contributed by atoms with Crippen molar-refractivity contribution in [1.82, 2.24) is 4.86 Å². The second-order valence-electron chi connectivity index (χ2n) is 3.47. The van der Waals surface area contributed by atoms with E-state index in [0.717, 1.165) is 0 Å². The maximum Gasteiger partial charge on any atom is -0.0329 e. The van der Waals surface area contributed by atoms with Gasteiger partial charge in [0.05, 0.1) is 0 Å². The molecule has 0 saturated heterocycles. The van der Waals surface area contributed by atoms with Gasteiger partial charge in [0.15, 0.2) is 0 Å². The molecule has 9 heavy (non-hydrogen) atoms. The first-order chi connectivity index (χ1) is 3.71. The third-order valence-electron chi connectivity index (χ3n) is 0.541. The molecule has 0 heterocycles. The highest BCUT2D eigenvalue weighted by molar-refractivity contribution is 7.84. The number of rotatable bonds is 2. The standard InChI is InChI=1S/C6H17NP2/c1-8(2,3)7-9(4,5)6/h7H,1,4H2,2-3,5-6H3. The van der Waals surface area contributed by atoms with Crippen molar-refractivity contribution in [3.05, 3.63) is 0 Å². The van der Waals surface area contributed by atoms with Crippen LogP contribution in [0, 0.1) is 0 Å². The monoisotopic (exact) mass is 165 g/mol. The second kappa shape index (κ2) is 2.66. The smallest absolute Gasteiger partial charge is 0.0329 e. The van der Waals surface area contributed by atoms with Crippen LogP contribution in [0.4, 0.5) is 0 Å². The first-order valence-electron chi connectivity index (χ1n) is 2.87. The molecule has 0 rings (SSSR count). The summed E-state index contributed by atoms with van der Waals surface area (Å²) in [5, 5.41) is 0. The van der Waals surface area contributed by atoms with Gasteiger partial charge in [-0.1, -0.05) is 26.7 Å². The Kier molecular flexibility index (Phi) is 2.83. The quantitative estimate of drug-likeness (QED) is 0.615. The molecule has 0 aliphatic heterocycles. The molecule has 0 aromatic rings.